The standard InChI is InChI=1S/C14H30N2O/c1-3-17-12-11-16(2)10-9-15-13-14-7-5-4-6-8-14/h14-15H,3-13H2,1-2H3. The lowest BCUT2D eigenvalue weighted by Gasteiger charge is -2.23. The van der Waals surface area contributed by atoms with E-state index in [1.54, 1.807) is 0 Å². The third-order valence-electron chi connectivity index (χ3n) is 3.65. The number of nitrogens with one attached hydrogen (secondary N) is 1. The van der Waals surface area contributed by atoms with Gasteiger partial charge in [-0.2, -0.15) is 0 Å². The van der Waals surface area contributed by atoms with Crippen LogP contribution in [0.4, 0.5) is 0 Å². The van der Waals surface area contributed by atoms with Crippen molar-refractivity contribution in [3.8, 4) is 0 Å². The zero-order valence-corrected chi connectivity index (χ0v) is 11.7. The Morgan fingerprint density at radius 2 is 1.94 bits per heavy atom. The van der Waals surface area contributed by atoms with Gasteiger partial charge in [0.05, 0.1) is 6.61 Å². The van der Waals surface area contributed by atoms with Crippen molar-refractivity contribution in [2.24, 2.45) is 5.92 Å². The summed E-state index contributed by atoms with van der Waals surface area (Å²) in [5.41, 5.74) is 0. The molecule has 1 fully saturated rings. The van der Waals surface area contributed by atoms with Crippen molar-refractivity contribution >= 4 is 0 Å². The Balaban J connectivity index is 1.88. The Morgan fingerprint density at radius 3 is 2.65 bits per heavy atom. The molecule has 1 N–H and O–H groups in total. The molecule has 1 aliphatic carbocycles. The van der Waals surface area contributed by atoms with E-state index in [0.29, 0.717) is 0 Å². The Kier molecular flexibility index (Phi) is 8.67. The maximum absolute atomic E-state index is 5.34. The van der Waals surface area contributed by atoms with Gasteiger partial charge in [0.15, 0.2) is 0 Å². The van der Waals surface area contributed by atoms with E-state index in [9.17, 15) is 0 Å². The quantitative estimate of drug-likeness (QED) is 0.627. The van der Waals surface area contributed by atoms with E-state index >= 15 is 0 Å². The SMILES string of the molecule is CCOCCN(C)CCNCC1CCCCC1. The predicted molar refractivity (Wildman–Crippen MR) is 73.4 cm³/mol. The molecule has 0 aliphatic heterocycles. The van der Waals surface area contributed by atoms with Crippen molar-refractivity contribution in [1.29, 1.82) is 0 Å². The molecule has 0 radical (unpaired) electrons. The van der Waals surface area contributed by atoms with E-state index in [2.05, 4.69) is 17.3 Å². The fourth-order valence-electron chi connectivity index (χ4n) is 2.44. The van der Waals surface area contributed by atoms with Crippen LogP contribution in [-0.4, -0.2) is 51.3 Å². The molecule has 0 aromatic heterocycles. The van der Waals surface area contributed by atoms with Crippen LogP contribution in [0.5, 0.6) is 0 Å². The Bertz CT molecular complexity index is 170. The van der Waals surface area contributed by atoms with E-state index in [4.69, 9.17) is 4.74 Å². The lowest BCUT2D eigenvalue weighted by Crippen LogP contribution is -2.34. The molecular weight excluding hydrogens is 212 g/mol. The van der Waals surface area contributed by atoms with Crippen LogP contribution in [0.2, 0.25) is 0 Å². The maximum atomic E-state index is 5.34. The highest BCUT2D eigenvalue weighted by molar-refractivity contribution is 4.68. The number of nitrogens with zero attached hydrogens (tertiary/aromatic N) is 1. The number of likely N-dealkylation sites (N-methyl/N-ethyl adjacent to an activating group) is 1. The highest BCUT2D eigenvalue weighted by Gasteiger charge is 2.12. The van der Waals surface area contributed by atoms with Gasteiger partial charge in [0.25, 0.3) is 0 Å². The average molecular weight is 242 g/mol. The third-order valence-corrected chi connectivity index (χ3v) is 3.65. The summed E-state index contributed by atoms with van der Waals surface area (Å²) < 4.78 is 5.34. The molecule has 0 aromatic carbocycles. The molecule has 3 heteroatoms. The molecule has 0 spiro atoms. The van der Waals surface area contributed by atoms with Crippen molar-refractivity contribution < 1.29 is 4.74 Å². The van der Waals surface area contributed by atoms with Gasteiger partial charge in [-0.05, 0) is 39.3 Å². The van der Waals surface area contributed by atoms with Crippen LogP contribution in [-0.2, 0) is 4.74 Å². The van der Waals surface area contributed by atoms with Gasteiger partial charge in [-0.3, -0.25) is 0 Å². The summed E-state index contributed by atoms with van der Waals surface area (Å²) in [6, 6.07) is 0. The topological polar surface area (TPSA) is 24.5 Å². The molecule has 1 saturated carbocycles. The van der Waals surface area contributed by atoms with Gasteiger partial charge < -0.3 is 15.0 Å². The van der Waals surface area contributed by atoms with Crippen molar-refractivity contribution in [3.05, 3.63) is 0 Å². The number of hydrogen-bond acceptors (Lipinski definition) is 3. The molecule has 0 heterocycles. The first-order chi connectivity index (χ1) is 8.33. The lowest BCUT2D eigenvalue weighted by atomic mass is 9.89. The summed E-state index contributed by atoms with van der Waals surface area (Å²) in [7, 11) is 2.17. The highest BCUT2D eigenvalue weighted by atomic mass is 16.5. The smallest absolute Gasteiger partial charge is 0.0593 e. The van der Waals surface area contributed by atoms with E-state index in [0.717, 1.165) is 38.8 Å². The van der Waals surface area contributed by atoms with Crippen molar-refractivity contribution in [2.45, 2.75) is 39.0 Å². The second-order valence-electron chi connectivity index (χ2n) is 5.21. The molecule has 1 rings (SSSR count). The minimum Gasteiger partial charge on any atom is -0.380 e. The van der Waals surface area contributed by atoms with Gasteiger partial charge in [-0.25, -0.2) is 0 Å². The normalized spacial score (nSPS) is 17.8. The molecule has 102 valence electrons. The van der Waals surface area contributed by atoms with Crippen LogP contribution in [0.15, 0.2) is 0 Å². The molecule has 1 aliphatic rings. The van der Waals surface area contributed by atoms with Gasteiger partial charge in [-0.1, -0.05) is 19.3 Å². The van der Waals surface area contributed by atoms with Gasteiger partial charge in [-0.15, -0.1) is 0 Å². The largest absolute Gasteiger partial charge is 0.380 e. The summed E-state index contributed by atoms with van der Waals surface area (Å²) in [4.78, 5) is 2.34. The number of hydrogen-bond donors (Lipinski definition) is 1. The van der Waals surface area contributed by atoms with E-state index < -0.39 is 0 Å². The van der Waals surface area contributed by atoms with Crippen LogP contribution in [0.3, 0.4) is 0 Å². The van der Waals surface area contributed by atoms with Crippen molar-refractivity contribution in [1.82, 2.24) is 10.2 Å². The van der Waals surface area contributed by atoms with Crippen LogP contribution in [0.25, 0.3) is 0 Å². The molecule has 0 amide bonds. The molecule has 3 nitrogen and oxygen atoms in total. The first kappa shape index (κ1) is 14.9. The van der Waals surface area contributed by atoms with Crippen molar-refractivity contribution in [3.63, 3.8) is 0 Å². The van der Waals surface area contributed by atoms with Gasteiger partial charge in [0.1, 0.15) is 0 Å². The van der Waals surface area contributed by atoms with E-state index in [-0.39, 0.29) is 0 Å². The maximum Gasteiger partial charge on any atom is 0.0593 e. The molecule has 0 aromatic rings. The van der Waals surface area contributed by atoms with E-state index in [1.807, 2.05) is 6.92 Å². The Hall–Kier alpha value is -0.120. The summed E-state index contributed by atoms with van der Waals surface area (Å²) >= 11 is 0. The molecule has 0 bridgehead atoms. The summed E-state index contributed by atoms with van der Waals surface area (Å²) in [6.07, 6.45) is 7.22. The van der Waals surface area contributed by atoms with Crippen LogP contribution >= 0.6 is 0 Å². The fourth-order valence-corrected chi connectivity index (χ4v) is 2.44. The van der Waals surface area contributed by atoms with Gasteiger partial charge >= 0.3 is 0 Å². The molecule has 0 unspecified atom stereocenters. The zero-order chi connectivity index (χ0) is 12.3. The monoisotopic (exact) mass is 242 g/mol. The van der Waals surface area contributed by atoms with Crippen LogP contribution < -0.4 is 5.32 Å². The summed E-state index contributed by atoms with van der Waals surface area (Å²) in [6.45, 7) is 8.23. The molecule has 0 saturated heterocycles. The Labute approximate surface area is 107 Å². The molecular formula is C14H30N2O. The predicted octanol–water partition coefficient (Wildman–Crippen LogP) is 2.12. The average Bonchev–Trinajstić information content (AvgIpc) is 2.36. The minimum absolute atomic E-state index is 0.827. The van der Waals surface area contributed by atoms with Crippen molar-refractivity contribution in [2.75, 3.05) is 46.4 Å². The number of rotatable bonds is 9. The summed E-state index contributed by atoms with van der Waals surface area (Å²) in [5.74, 6) is 0.942. The Morgan fingerprint density at radius 1 is 1.18 bits per heavy atom. The highest BCUT2D eigenvalue weighted by Crippen LogP contribution is 2.22. The second kappa shape index (κ2) is 9.86. The van der Waals surface area contributed by atoms with E-state index in [1.165, 1.54) is 38.6 Å². The number of ether oxygens (including phenoxy) is 1. The van der Waals surface area contributed by atoms with Crippen LogP contribution in [0, 0.1) is 5.92 Å². The van der Waals surface area contributed by atoms with Crippen LogP contribution in [0.1, 0.15) is 39.0 Å². The minimum atomic E-state index is 0.827. The van der Waals surface area contributed by atoms with Gasteiger partial charge in [0.2, 0.25) is 0 Å². The fraction of sp³-hybridized carbons (Fsp3) is 1.00. The molecule has 17 heavy (non-hydrogen) atoms. The van der Waals surface area contributed by atoms with Gasteiger partial charge in [0, 0.05) is 26.2 Å². The second-order valence-corrected chi connectivity index (χ2v) is 5.21. The zero-order valence-electron chi connectivity index (χ0n) is 11.7. The molecule has 0 atom stereocenters. The summed E-state index contributed by atoms with van der Waals surface area (Å²) in [5, 5.41) is 3.59. The first-order valence-corrected chi connectivity index (χ1v) is 7.30. The third kappa shape index (κ3) is 7.74. The lowest BCUT2D eigenvalue weighted by molar-refractivity contribution is 0.122. The first-order valence-electron chi connectivity index (χ1n) is 7.30.